The molecule has 0 saturated carbocycles. The molecule has 123 valence electrons. The van der Waals surface area contributed by atoms with Crippen LogP contribution < -0.4 is 0 Å². The maximum absolute atomic E-state index is 10.8. The smallest absolute Gasteiger partial charge is 0.478 e. The average molecular weight is 317 g/mol. The van der Waals surface area contributed by atoms with Gasteiger partial charge in [-0.3, -0.25) is 0 Å². The molecule has 0 aromatic heterocycles. The molecular weight excluding hydrogens is 288 g/mol. The van der Waals surface area contributed by atoms with Gasteiger partial charge >= 0.3 is 14.8 Å². The highest BCUT2D eigenvalue weighted by molar-refractivity contribution is 6.64. The van der Waals surface area contributed by atoms with Gasteiger partial charge in [0.05, 0.1) is 0 Å². The van der Waals surface area contributed by atoms with Crippen molar-refractivity contribution in [2.45, 2.75) is 73.2 Å². The van der Waals surface area contributed by atoms with Crippen molar-refractivity contribution >= 4 is 14.8 Å². The molecule has 0 fully saturated rings. The Kier molecular flexibility index (Phi) is 9.04. The Morgan fingerprint density at radius 3 is 1.67 bits per heavy atom. The molecule has 0 aliphatic heterocycles. The second kappa shape index (κ2) is 9.35. The lowest BCUT2D eigenvalue weighted by atomic mass is 10.2. The van der Waals surface area contributed by atoms with E-state index in [0.717, 1.165) is 0 Å². The van der Waals surface area contributed by atoms with E-state index >= 15 is 0 Å². The average Bonchev–Trinajstić information content (AvgIpc) is 2.24. The van der Waals surface area contributed by atoms with Gasteiger partial charge in [-0.25, -0.2) is 4.79 Å². The van der Waals surface area contributed by atoms with Crippen LogP contribution >= 0.6 is 0 Å². The van der Waals surface area contributed by atoms with Gasteiger partial charge < -0.3 is 18.4 Å². The molecule has 6 heteroatoms. The highest BCUT2D eigenvalue weighted by Gasteiger charge is 2.43. The van der Waals surface area contributed by atoms with Crippen LogP contribution in [0.1, 0.15) is 54.9 Å². The number of aliphatic carboxylic acids is 1. The molecule has 21 heavy (non-hydrogen) atoms. The third-order valence-electron chi connectivity index (χ3n) is 2.33. The third kappa shape index (κ3) is 9.03. The van der Waals surface area contributed by atoms with Gasteiger partial charge in [0.25, 0.3) is 0 Å². The number of carbonyl (C=O) groups is 1. The number of carboxylic acid groups (broad SMARTS) is 1. The van der Waals surface area contributed by atoms with Crippen LogP contribution in [0.5, 0.6) is 0 Å². The molecule has 0 atom stereocenters. The zero-order valence-electron chi connectivity index (χ0n) is 14.2. The molecule has 0 amide bonds. The summed E-state index contributed by atoms with van der Waals surface area (Å²) in [6.45, 7) is 13.2. The molecule has 0 aliphatic rings. The van der Waals surface area contributed by atoms with Crippen LogP contribution in [-0.2, 0) is 18.1 Å². The summed E-state index contributed by atoms with van der Waals surface area (Å²) in [5.74, 6) is -0.921. The Hall–Kier alpha value is -0.693. The first-order valence-electron chi connectivity index (χ1n) is 7.36. The Morgan fingerprint density at radius 2 is 1.38 bits per heavy atom. The standard InChI is InChI=1S/C15H29O5Si/c1-11(2)18-21(19-12(3)4,20-13(5)6)10-8-9-14(7)15(16)17/h9-13H,8H2,1-7H3,(H,16,17). The minimum Gasteiger partial charge on any atom is -0.478 e. The maximum Gasteiger partial charge on any atom is 0.505 e. The monoisotopic (exact) mass is 317 g/mol. The summed E-state index contributed by atoms with van der Waals surface area (Å²) in [5.41, 5.74) is 0.299. The van der Waals surface area contributed by atoms with E-state index in [2.05, 4.69) is 0 Å². The van der Waals surface area contributed by atoms with E-state index in [-0.39, 0.29) is 18.3 Å². The van der Waals surface area contributed by atoms with Gasteiger partial charge in [-0.1, -0.05) is 6.08 Å². The van der Waals surface area contributed by atoms with Crippen molar-refractivity contribution in [2.75, 3.05) is 0 Å². The third-order valence-corrected chi connectivity index (χ3v) is 5.46. The minimum absolute atomic E-state index is 0.0324. The lowest BCUT2D eigenvalue weighted by Gasteiger charge is -2.34. The van der Waals surface area contributed by atoms with E-state index < -0.39 is 14.8 Å². The number of hydrogen-bond donors (Lipinski definition) is 1. The number of rotatable bonds is 10. The molecule has 0 bridgehead atoms. The molecule has 0 rings (SSSR count). The number of carboxylic acids is 1. The van der Waals surface area contributed by atoms with Crippen LogP contribution in [0.2, 0.25) is 0 Å². The lowest BCUT2D eigenvalue weighted by Crippen LogP contribution is -2.51. The van der Waals surface area contributed by atoms with Gasteiger partial charge in [-0.05, 0) is 54.9 Å². The zero-order chi connectivity index (χ0) is 16.6. The van der Waals surface area contributed by atoms with Gasteiger partial charge in [0.15, 0.2) is 0 Å². The number of allylic oxidation sites excluding steroid dienone is 1. The SMILES string of the molecule is CC(=CC[CH][Si](OC(C)C)(OC(C)C)OC(C)C)C(=O)O. The van der Waals surface area contributed by atoms with E-state index in [1.54, 1.807) is 13.0 Å². The number of hydrogen-bond acceptors (Lipinski definition) is 4. The highest BCUT2D eigenvalue weighted by atomic mass is 28.4. The van der Waals surface area contributed by atoms with Crippen molar-refractivity contribution in [2.24, 2.45) is 0 Å². The van der Waals surface area contributed by atoms with Crippen LogP contribution in [0, 0.1) is 6.04 Å². The second-order valence-electron chi connectivity index (χ2n) is 5.74. The van der Waals surface area contributed by atoms with Crippen molar-refractivity contribution in [1.29, 1.82) is 0 Å². The fourth-order valence-electron chi connectivity index (χ4n) is 1.68. The van der Waals surface area contributed by atoms with Gasteiger partial charge in [-0.2, -0.15) is 0 Å². The summed E-state index contributed by atoms with van der Waals surface area (Å²) >= 11 is 0. The predicted octanol–water partition coefficient (Wildman–Crippen LogP) is 3.36. The largest absolute Gasteiger partial charge is 0.505 e. The minimum atomic E-state index is -2.95. The van der Waals surface area contributed by atoms with Crippen molar-refractivity contribution in [3.05, 3.63) is 17.7 Å². The van der Waals surface area contributed by atoms with Crippen LogP contribution in [0.3, 0.4) is 0 Å². The fraction of sp³-hybridized carbons (Fsp3) is 0.733. The van der Waals surface area contributed by atoms with Crippen LogP contribution in [0.15, 0.2) is 11.6 Å². The molecule has 5 nitrogen and oxygen atoms in total. The normalized spacial score (nSPS) is 13.5. The molecule has 0 aromatic carbocycles. The van der Waals surface area contributed by atoms with Crippen LogP contribution in [0.25, 0.3) is 0 Å². The molecule has 0 spiro atoms. The quantitative estimate of drug-likeness (QED) is 0.494. The first-order chi connectivity index (χ1) is 9.58. The van der Waals surface area contributed by atoms with E-state index in [1.807, 2.05) is 47.6 Å². The Morgan fingerprint density at radius 1 is 1.00 bits per heavy atom. The van der Waals surface area contributed by atoms with E-state index in [1.165, 1.54) is 0 Å². The summed E-state index contributed by atoms with van der Waals surface area (Å²) in [6.07, 6.45) is 1.98. The zero-order valence-corrected chi connectivity index (χ0v) is 15.2. The first-order valence-corrected chi connectivity index (χ1v) is 9.16. The second-order valence-corrected chi connectivity index (χ2v) is 8.06. The first kappa shape index (κ1) is 20.3. The highest BCUT2D eigenvalue weighted by Crippen LogP contribution is 2.22. The van der Waals surface area contributed by atoms with Crippen molar-refractivity contribution in [1.82, 2.24) is 0 Å². The predicted molar refractivity (Wildman–Crippen MR) is 84.7 cm³/mol. The van der Waals surface area contributed by atoms with Crippen LogP contribution in [0.4, 0.5) is 0 Å². The molecule has 0 heterocycles. The molecule has 0 aromatic rings. The van der Waals surface area contributed by atoms with Gasteiger partial charge in [0.2, 0.25) is 0 Å². The van der Waals surface area contributed by atoms with Crippen molar-refractivity contribution in [3.8, 4) is 0 Å². The molecule has 1 N–H and O–H groups in total. The summed E-state index contributed by atoms with van der Waals surface area (Å²) in [5, 5.41) is 8.88. The van der Waals surface area contributed by atoms with Crippen LogP contribution in [-0.4, -0.2) is 38.2 Å². The summed E-state index contributed by atoms with van der Waals surface area (Å²) in [7, 11) is -2.95. The Labute approximate surface area is 129 Å². The van der Waals surface area contributed by atoms with E-state index in [4.69, 9.17) is 18.4 Å². The van der Waals surface area contributed by atoms with E-state index in [9.17, 15) is 4.79 Å². The maximum atomic E-state index is 10.8. The fourth-order valence-corrected chi connectivity index (χ4v) is 4.51. The summed E-state index contributed by atoms with van der Waals surface area (Å²) in [4.78, 5) is 10.8. The van der Waals surface area contributed by atoms with Gasteiger partial charge in [0.1, 0.15) is 0 Å². The van der Waals surface area contributed by atoms with Gasteiger partial charge in [-0.15, -0.1) is 0 Å². The topological polar surface area (TPSA) is 65.0 Å². The van der Waals surface area contributed by atoms with E-state index in [0.29, 0.717) is 12.0 Å². The lowest BCUT2D eigenvalue weighted by molar-refractivity contribution is -0.132. The molecule has 0 saturated heterocycles. The summed E-state index contributed by atoms with van der Waals surface area (Å²) < 4.78 is 17.9. The molecule has 0 unspecified atom stereocenters. The van der Waals surface area contributed by atoms with Crippen molar-refractivity contribution in [3.63, 3.8) is 0 Å². The molecular formula is C15H29O5Si. The van der Waals surface area contributed by atoms with Crippen molar-refractivity contribution < 1.29 is 23.2 Å². The Bertz CT molecular complexity index is 323. The Balaban J connectivity index is 5.05. The molecule has 0 aliphatic carbocycles. The van der Waals surface area contributed by atoms with Gasteiger partial charge in [0, 0.05) is 29.9 Å². The summed E-state index contributed by atoms with van der Waals surface area (Å²) in [6, 6.07) is 1.86. The molecule has 1 radical (unpaired) electrons.